The molecule has 132 valence electrons. The summed E-state index contributed by atoms with van der Waals surface area (Å²) in [7, 11) is 0. The van der Waals surface area contributed by atoms with Gasteiger partial charge in [-0.3, -0.25) is 9.97 Å². The van der Waals surface area contributed by atoms with Crippen molar-refractivity contribution in [1.29, 1.82) is 0 Å². The summed E-state index contributed by atoms with van der Waals surface area (Å²) in [6.07, 6.45) is 9.05. The molecule has 1 aliphatic heterocycles. The van der Waals surface area contributed by atoms with E-state index >= 15 is 0 Å². The molecule has 0 amide bonds. The van der Waals surface area contributed by atoms with Gasteiger partial charge in [-0.15, -0.1) is 0 Å². The van der Waals surface area contributed by atoms with E-state index in [4.69, 9.17) is 16.6 Å². The Morgan fingerprint density at radius 2 is 1.88 bits per heavy atom. The summed E-state index contributed by atoms with van der Waals surface area (Å²) in [4.78, 5) is 17.6. The van der Waals surface area contributed by atoms with E-state index in [0.717, 1.165) is 47.1 Å². The molecule has 0 bridgehead atoms. The lowest BCUT2D eigenvalue weighted by molar-refractivity contribution is 0.321. The van der Waals surface area contributed by atoms with E-state index < -0.39 is 0 Å². The third-order valence-electron chi connectivity index (χ3n) is 4.70. The van der Waals surface area contributed by atoms with Crippen molar-refractivity contribution < 1.29 is 0 Å². The van der Waals surface area contributed by atoms with Crippen molar-refractivity contribution in [2.75, 3.05) is 0 Å². The Hall–Kier alpha value is -2.37. The molecule has 3 aromatic heterocycles. The van der Waals surface area contributed by atoms with Gasteiger partial charge in [0.25, 0.3) is 0 Å². The number of pyridine rings is 2. The molecule has 0 saturated carbocycles. The van der Waals surface area contributed by atoms with Crippen molar-refractivity contribution in [3.8, 4) is 0 Å². The third-order valence-corrected chi connectivity index (χ3v) is 5.02. The van der Waals surface area contributed by atoms with Crippen LogP contribution in [0, 0.1) is 0 Å². The monoisotopic (exact) mass is 365 g/mol. The zero-order valence-electron chi connectivity index (χ0n) is 14.3. The maximum atomic E-state index is 6.34. The predicted molar refractivity (Wildman–Crippen MR) is 101 cm³/mol. The fourth-order valence-corrected chi connectivity index (χ4v) is 3.69. The minimum atomic E-state index is 0.162. The van der Waals surface area contributed by atoms with Crippen molar-refractivity contribution in [1.82, 2.24) is 25.3 Å². The second-order valence-electron chi connectivity index (χ2n) is 6.50. The summed E-state index contributed by atoms with van der Waals surface area (Å²) in [5.41, 5.74) is 3.98. The van der Waals surface area contributed by atoms with Crippen molar-refractivity contribution in [3.05, 3.63) is 82.9 Å². The van der Waals surface area contributed by atoms with Crippen LogP contribution in [0.25, 0.3) is 0 Å². The van der Waals surface area contributed by atoms with Gasteiger partial charge in [0.2, 0.25) is 0 Å². The van der Waals surface area contributed by atoms with Crippen LogP contribution in [0.3, 0.4) is 0 Å². The van der Waals surface area contributed by atoms with Gasteiger partial charge in [-0.25, -0.2) is 9.97 Å². The van der Waals surface area contributed by atoms with Crippen LogP contribution in [-0.2, 0) is 6.42 Å². The lowest BCUT2D eigenvalue weighted by Gasteiger charge is -2.31. The molecule has 5 nitrogen and oxygen atoms in total. The fraction of sp³-hybridized carbons (Fsp3) is 0.300. The summed E-state index contributed by atoms with van der Waals surface area (Å²) < 4.78 is 0. The van der Waals surface area contributed by atoms with Gasteiger partial charge in [0, 0.05) is 36.2 Å². The van der Waals surface area contributed by atoms with Gasteiger partial charge in [-0.05, 0) is 49.6 Å². The van der Waals surface area contributed by atoms with Gasteiger partial charge in [0.1, 0.15) is 6.33 Å². The molecule has 0 aliphatic carbocycles. The Labute approximate surface area is 157 Å². The molecule has 26 heavy (non-hydrogen) atoms. The molecule has 4 rings (SSSR count). The summed E-state index contributed by atoms with van der Waals surface area (Å²) in [6.45, 7) is 0. The lowest BCUT2D eigenvalue weighted by Crippen LogP contribution is -2.32. The summed E-state index contributed by atoms with van der Waals surface area (Å²) in [5.74, 6) is 0. The van der Waals surface area contributed by atoms with E-state index in [2.05, 4.69) is 32.4 Å². The minimum Gasteiger partial charge on any atom is -0.300 e. The molecule has 1 fully saturated rings. The van der Waals surface area contributed by atoms with E-state index in [0.29, 0.717) is 6.42 Å². The first-order valence-corrected chi connectivity index (χ1v) is 9.24. The third kappa shape index (κ3) is 3.89. The van der Waals surface area contributed by atoms with Crippen LogP contribution >= 0.6 is 11.6 Å². The highest BCUT2D eigenvalue weighted by Gasteiger charge is 2.26. The molecular formula is C20H20ClN5. The Bertz CT molecular complexity index is 871. The first-order chi connectivity index (χ1) is 12.8. The SMILES string of the molecule is Clc1cccnc1C1CCCC(c2cccc(Cc3ccncn3)n2)N1. The van der Waals surface area contributed by atoms with Crippen molar-refractivity contribution >= 4 is 11.6 Å². The number of nitrogens with zero attached hydrogens (tertiary/aromatic N) is 4. The number of rotatable bonds is 4. The normalized spacial score (nSPS) is 20.0. The number of aromatic nitrogens is 4. The van der Waals surface area contributed by atoms with E-state index in [1.807, 2.05) is 24.3 Å². The van der Waals surface area contributed by atoms with E-state index in [9.17, 15) is 0 Å². The van der Waals surface area contributed by atoms with Gasteiger partial charge in [-0.1, -0.05) is 17.7 Å². The van der Waals surface area contributed by atoms with Crippen LogP contribution in [0.4, 0.5) is 0 Å². The van der Waals surface area contributed by atoms with Gasteiger partial charge >= 0.3 is 0 Å². The number of halogens is 1. The molecule has 2 atom stereocenters. The van der Waals surface area contributed by atoms with Crippen LogP contribution in [0.1, 0.15) is 54.1 Å². The molecule has 3 aromatic rings. The molecule has 1 aliphatic rings. The van der Waals surface area contributed by atoms with E-state index in [-0.39, 0.29) is 12.1 Å². The Morgan fingerprint density at radius 1 is 0.962 bits per heavy atom. The summed E-state index contributed by atoms with van der Waals surface area (Å²) in [6, 6.07) is 12.3. The zero-order valence-corrected chi connectivity index (χ0v) is 15.1. The smallest absolute Gasteiger partial charge is 0.115 e. The molecule has 2 unspecified atom stereocenters. The highest BCUT2D eigenvalue weighted by molar-refractivity contribution is 6.31. The molecule has 4 heterocycles. The summed E-state index contributed by atoms with van der Waals surface area (Å²) in [5, 5.41) is 4.40. The van der Waals surface area contributed by atoms with Crippen LogP contribution < -0.4 is 5.32 Å². The number of piperidine rings is 1. The highest BCUT2D eigenvalue weighted by Crippen LogP contribution is 2.33. The van der Waals surface area contributed by atoms with Crippen molar-refractivity contribution in [2.24, 2.45) is 0 Å². The molecule has 1 saturated heterocycles. The maximum absolute atomic E-state index is 6.34. The Kier molecular flexibility index (Phi) is 5.18. The maximum Gasteiger partial charge on any atom is 0.115 e. The fourth-order valence-electron chi connectivity index (χ4n) is 3.44. The molecule has 0 aromatic carbocycles. The van der Waals surface area contributed by atoms with Crippen molar-refractivity contribution in [3.63, 3.8) is 0 Å². The highest BCUT2D eigenvalue weighted by atomic mass is 35.5. The quantitative estimate of drug-likeness (QED) is 0.755. The first kappa shape index (κ1) is 17.1. The molecule has 1 N–H and O–H groups in total. The largest absolute Gasteiger partial charge is 0.300 e. The van der Waals surface area contributed by atoms with Gasteiger partial charge in [0.15, 0.2) is 0 Å². The zero-order chi connectivity index (χ0) is 17.8. The van der Waals surface area contributed by atoms with E-state index in [1.165, 1.54) is 0 Å². The van der Waals surface area contributed by atoms with E-state index in [1.54, 1.807) is 18.7 Å². The average molecular weight is 366 g/mol. The molecule has 0 radical (unpaired) electrons. The van der Waals surface area contributed by atoms with Crippen molar-refractivity contribution in [2.45, 2.75) is 37.8 Å². The number of nitrogens with one attached hydrogen (secondary N) is 1. The average Bonchev–Trinajstić information content (AvgIpc) is 2.69. The van der Waals surface area contributed by atoms with Gasteiger partial charge < -0.3 is 5.32 Å². The first-order valence-electron chi connectivity index (χ1n) is 8.87. The molecular weight excluding hydrogens is 346 g/mol. The minimum absolute atomic E-state index is 0.162. The number of hydrogen-bond donors (Lipinski definition) is 1. The van der Waals surface area contributed by atoms with Gasteiger partial charge in [-0.2, -0.15) is 0 Å². The molecule has 0 spiro atoms. The predicted octanol–water partition coefficient (Wildman–Crippen LogP) is 4.07. The standard InChI is InChI=1S/C20H20ClN5/c21-16-5-3-10-23-20(16)19-8-2-7-18(26-19)17-6-1-4-15(25-17)12-14-9-11-22-13-24-14/h1,3-6,9-11,13,18-19,26H,2,7-8,12H2. The Morgan fingerprint density at radius 3 is 2.73 bits per heavy atom. The lowest BCUT2D eigenvalue weighted by atomic mass is 9.94. The van der Waals surface area contributed by atoms with Crippen LogP contribution in [-0.4, -0.2) is 19.9 Å². The molecule has 6 heteroatoms. The summed E-state index contributed by atoms with van der Waals surface area (Å²) >= 11 is 6.34. The topological polar surface area (TPSA) is 63.6 Å². The number of hydrogen-bond acceptors (Lipinski definition) is 5. The van der Waals surface area contributed by atoms with Crippen LogP contribution in [0.5, 0.6) is 0 Å². The van der Waals surface area contributed by atoms with Crippen LogP contribution in [0.2, 0.25) is 5.02 Å². The van der Waals surface area contributed by atoms with Gasteiger partial charge in [0.05, 0.1) is 22.5 Å². The second-order valence-corrected chi connectivity index (χ2v) is 6.91. The second kappa shape index (κ2) is 7.89. The Balaban J connectivity index is 1.52. The van der Waals surface area contributed by atoms with Crippen LogP contribution in [0.15, 0.2) is 55.1 Å².